The molecule has 1 aromatic heterocycles. The number of alkyl halides is 2. The van der Waals surface area contributed by atoms with Crippen LogP contribution in [-0.4, -0.2) is 29.8 Å². The summed E-state index contributed by atoms with van der Waals surface area (Å²) in [4.78, 5) is 12.4. The Labute approximate surface area is 147 Å². The highest BCUT2D eigenvalue weighted by molar-refractivity contribution is 6.04. The molecule has 0 atom stereocenters. The molecule has 0 aliphatic rings. The van der Waals surface area contributed by atoms with Gasteiger partial charge >= 0.3 is 6.61 Å². The van der Waals surface area contributed by atoms with E-state index in [1.165, 1.54) is 18.2 Å². The first-order chi connectivity index (χ1) is 12.6. The quantitative estimate of drug-likeness (QED) is 0.699. The van der Waals surface area contributed by atoms with Crippen LogP contribution in [0.2, 0.25) is 0 Å². The number of rotatable bonds is 6. The summed E-state index contributed by atoms with van der Waals surface area (Å²) in [6.07, 6.45) is 0. The van der Waals surface area contributed by atoms with Gasteiger partial charge in [0.15, 0.2) is 0 Å². The van der Waals surface area contributed by atoms with Crippen LogP contribution in [0.3, 0.4) is 0 Å². The second-order valence-electron chi connectivity index (χ2n) is 5.22. The number of nitrogens with zero attached hydrogens (tertiary/aromatic N) is 1. The summed E-state index contributed by atoms with van der Waals surface area (Å²) in [5.74, 6) is 0.0613. The van der Waals surface area contributed by atoms with Crippen LogP contribution in [0.5, 0.6) is 11.5 Å². The maximum atomic E-state index is 12.4. The van der Waals surface area contributed by atoms with Gasteiger partial charge in [-0.1, -0.05) is 12.1 Å². The normalized spacial score (nSPS) is 10.6. The minimum absolute atomic E-state index is 0.120. The first-order valence-electron chi connectivity index (χ1n) is 7.62. The maximum Gasteiger partial charge on any atom is 0.387 e. The molecule has 134 valence electrons. The van der Waals surface area contributed by atoms with E-state index in [0.29, 0.717) is 11.4 Å². The first-order valence-corrected chi connectivity index (χ1v) is 7.62. The number of hydrogen-bond acceptors (Lipinski definition) is 4. The molecule has 0 spiro atoms. The lowest BCUT2D eigenvalue weighted by Crippen LogP contribution is -2.14. The number of aromatic nitrogens is 2. The monoisotopic (exact) mass is 359 g/mol. The Balaban J connectivity index is 1.76. The standard InChI is InChI=1S/C18H15F2N3O3/c1-25-12-8-6-11(7-9-12)14-10-15(23-22-14)17(24)21-13-4-2-3-5-16(13)26-18(19)20/h2-10,18H,1H3,(H,21,24)(H,22,23). The zero-order valence-electron chi connectivity index (χ0n) is 13.7. The fourth-order valence-corrected chi connectivity index (χ4v) is 2.31. The highest BCUT2D eigenvalue weighted by atomic mass is 19.3. The number of aromatic amines is 1. The average molecular weight is 359 g/mol. The Kier molecular flexibility index (Phi) is 5.12. The predicted octanol–water partition coefficient (Wildman–Crippen LogP) is 3.94. The highest BCUT2D eigenvalue weighted by Gasteiger charge is 2.15. The van der Waals surface area contributed by atoms with Crippen molar-refractivity contribution in [1.82, 2.24) is 10.2 Å². The predicted molar refractivity (Wildman–Crippen MR) is 91.6 cm³/mol. The number of carbonyl (C=O) groups excluding carboxylic acids is 1. The number of halogens is 2. The van der Waals surface area contributed by atoms with Gasteiger partial charge in [0, 0.05) is 5.56 Å². The number of para-hydroxylation sites is 2. The van der Waals surface area contributed by atoms with Gasteiger partial charge in [0.2, 0.25) is 0 Å². The molecule has 1 heterocycles. The van der Waals surface area contributed by atoms with Crippen LogP contribution >= 0.6 is 0 Å². The molecule has 26 heavy (non-hydrogen) atoms. The largest absolute Gasteiger partial charge is 0.497 e. The number of nitrogens with one attached hydrogen (secondary N) is 2. The zero-order valence-corrected chi connectivity index (χ0v) is 13.7. The van der Waals surface area contributed by atoms with E-state index in [4.69, 9.17) is 4.74 Å². The van der Waals surface area contributed by atoms with E-state index in [-0.39, 0.29) is 17.1 Å². The molecule has 8 heteroatoms. The Morgan fingerprint density at radius 2 is 1.88 bits per heavy atom. The van der Waals surface area contributed by atoms with Crippen LogP contribution in [0.15, 0.2) is 54.6 Å². The molecule has 2 aromatic carbocycles. The summed E-state index contributed by atoms with van der Waals surface area (Å²) in [6.45, 7) is -2.98. The van der Waals surface area contributed by atoms with Gasteiger partial charge < -0.3 is 14.8 Å². The number of amides is 1. The molecule has 3 aromatic rings. The first kappa shape index (κ1) is 17.4. The van der Waals surface area contributed by atoms with Crippen LogP contribution < -0.4 is 14.8 Å². The van der Waals surface area contributed by atoms with Crippen molar-refractivity contribution in [3.63, 3.8) is 0 Å². The maximum absolute atomic E-state index is 12.4. The van der Waals surface area contributed by atoms with Crippen LogP contribution in [0.25, 0.3) is 11.3 Å². The van der Waals surface area contributed by atoms with Crippen molar-refractivity contribution in [2.75, 3.05) is 12.4 Å². The fraction of sp³-hybridized carbons (Fsp3) is 0.111. The number of benzene rings is 2. The number of hydrogen-bond donors (Lipinski definition) is 2. The molecule has 0 saturated heterocycles. The fourth-order valence-electron chi connectivity index (χ4n) is 2.31. The lowest BCUT2D eigenvalue weighted by atomic mass is 10.1. The van der Waals surface area contributed by atoms with Gasteiger partial charge in [0.05, 0.1) is 18.5 Å². The molecule has 2 N–H and O–H groups in total. The van der Waals surface area contributed by atoms with Crippen molar-refractivity contribution in [3.05, 3.63) is 60.3 Å². The minimum atomic E-state index is -2.98. The van der Waals surface area contributed by atoms with E-state index in [2.05, 4.69) is 20.3 Å². The molecule has 0 aliphatic heterocycles. The summed E-state index contributed by atoms with van der Waals surface area (Å²) in [7, 11) is 1.57. The smallest absolute Gasteiger partial charge is 0.387 e. The molecular formula is C18H15F2N3O3. The number of methoxy groups -OCH3 is 1. The van der Waals surface area contributed by atoms with Crippen molar-refractivity contribution in [1.29, 1.82) is 0 Å². The lowest BCUT2D eigenvalue weighted by Gasteiger charge is -2.10. The van der Waals surface area contributed by atoms with E-state index in [0.717, 1.165) is 5.56 Å². The van der Waals surface area contributed by atoms with Crippen molar-refractivity contribution in [2.45, 2.75) is 6.61 Å². The summed E-state index contributed by atoms with van der Waals surface area (Å²) in [6, 6.07) is 14.7. The SMILES string of the molecule is COc1ccc(-c2cc(C(=O)Nc3ccccc3OC(F)F)[nH]n2)cc1. The van der Waals surface area contributed by atoms with E-state index >= 15 is 0 Å². The summed E-state index contributed by atoms with van der Waals surface area (Å²) in [5.41, 5.74) is 1.68. The molecule has 6 nitrogen and oxygen atoms in total. The van der Waals surface area contributed by atoms with Crippen molar-refractivity contribution in [3.8, 4) is 22.8 Å². The summed E-state index contributed by atoms with van der Waals surface area (Å²) < 4.78 is 34.4. The van der Waals surface area contributed by atoms with E-state index < -0.39 is 12.5 Å². The third-order valence-electron chi connectivity index (χ3n) is 3.56. The Morgan fingerprint density at radius 1 is 1.15 bits per heavy atom. The lowest BCUT2D eigenvalue weighted by molar-refractivity contribution is -0.0493. The molecule has 0 aliphatic carbocycles. The van der Waals surface area contributed by atoms with E-state index in [1.54, 1.807) is 31.4 Å². The number of carbonyl (C=O) groups is 1. The van der Waals surface area contributed by atoms with Crippen LogP contribution in [-0.2, 0) is 0 Å². The topological polar surface area (TPSA) is 76.2 Å². The molecular weight excluding hydrogens is 344 g/mol. The average Bonchev–Trinajstić information content (AvgIpc) is 3.13. The van der Waals surface area contributed by atoms with Gasteiger partial charge in [-0.2, -0.15) is 13.9 Å². The van der Waals surface area contributed by atoms with Gasteiger partial charge in [-0.15, -0.1) is 0 Å². The second-order valence-corrected chi connectivity index (χ2v) is 5.22. The summed E-state index contributed by atoms with van der Waals surface area (Å²) >= 11 is 0. The number of ether oxygens (including phenoxy) is 2. The van der Waals surface area contributed by atoms with Crippen molar-refractivity contribution >= 4 is 11.6 Å². The van der Waals surface area contributed by atoms with Gasteiger partial charge in [0.25, 0.3) is 5.91 Å². The van der Waals surface area contributed by atoms with Crippen LogP contribution in [0, 0.1) is 0 Å². The molecule has 0 radical (unpaired) electrons. The van der Waals surface area contributed by atoms with Gasteiger partial charge in [-0.05, 0) is 42.5 Å². The second kappa shape index (κ2) is 7.64. The Hall–Kier alpha value is -3.42. The molecule has 0 bridgehead atoms. The highest BCUT2D eigenvalue weighted by Crippen LogP contribution is 2.26. The van der Waals surface area contributed by atoms with E-state index in [1.807, 2.05) is 12.1 Å². The molecule has 0 fully saturated rings. The number of anilines is 1. The Morgan fingerprint density at radius 3 is 2.58 bits per heavy atom. The minimum Gasteiger partial charge on any atom is -0.497 e. The molecule has 3 rings (SSSR count). The van der Waals surface area contributed by atoms with Gasteiger partial charge in [-0.25, -0.2) is 0 Å². The summed E-state index contributed by atoms with van der Waals surface area (Å²) in [5, 5.41) is 9.26. The van der Waals surface area contributed by atoms with E-state index in [9.17, 15) is 13.6 Å². The van der Waals surface area contributed by atoms with Crippen molar-refractivity contribution < 1.29 is 23.0 Å². The number of H-pyrrole nitrogens is 1. The van der Waals surface area contributed by atoms with Gasteiger partial charge in [-0.3, -0.25) is 9.89 Å². The van der Waals surface area contributed by atoms with Crippen molar-refractivity contribution in [2.24, 2.45) is 0 Å². The third-order valence-corrected chi connectivity index (χ3v) is 3.56. The molecule has 1 amide bonds. The van der Waals surface area contributed by atoms with Crippen LogP contribution in [0.4, 0.5) is 14.5 Å². The van der Waals surface area contributed by atoms with Gasteiger partial charge in [0.1, 0.15) is 17.2 Å². The molecule has 0 saturated carbocycles. The Bertz CT molecular complexity index is 895. The third kappa shape index (κ3) is 3.97. The zero-order chi connectivity index (χ0) is 18.5. The van der Waals surface area contributed by atoms with Crippen LogP contribution in [0.1, 0.15) is 10.5 Å². The molecule has 0 unspecified atom stereocenters.